The van der Waals surface area contributed by atoms with Crippen LogP contribution < -0.4 is 10.0 Å². The van der Waals surface area contributed by atoms with Crippen molar-refractivity contribution in [2.24, 2.45) is 0 Å². The largest absolute Gasteiger partial charge is 0.320 e. The molecule has 2 rings (SSSR count). The normalized spacial score (nSPS) is 11.3. The Kier molecular flexibility index (Phi) is 5.79. The summed E-state index contributed by atoms with van der Waals surface area (Å²) in [5.74, 6) is -3.01. The first-order valence-corrected chi connectivity index (χ1v) is 9.45. The topological polar surface area (TPSA) is 75.3 Å². The van der Waals surface area contributed by atoms with Gasteiger partial charge in [-0.1, -0.05) is 23.9 Å². The highest BCUT2D eigenvalue weighted by Crippen LogP contribution is 2.26. The molecule has 0 aliphatic carbocycles. The third kappa shape index (κ3) is 5.50. The van der Waals surface area contributed by atoms with Crippen molar-refractivity contribution in [1.29, 1.82) is 0 Å². The molecular formula is C15H14F2N2O3S2. The lowest BCUT2D eigenvalue weighted by Crippen LogP contribution is -2.16. The van der Waals surface area contributed by atoms with E-state index in [1.807, 2.05) is 0 Å². The molecule has 0 aromatic heterocycles. The molecule has 1 amide bonds. The molecule has 2 aromatic rings. The van der Waals surface area contributed by atoms with E-state index in [1.165, 1.54) is 30.3 Å². The lowest BCUT2D eigenvalue weighted by Gasteiger charge is -2.12. The lowest BCUT2D eigenvalue weighted by atomic mass is 10.2. The minimum atomic E-state index is -3.49. The van der Waals surface area contributed by atoms with Crippen molar-refractivity contribution < 1.29 is 22.0 Å². The number of halogens is 2. The average molecular weight is 372 g/mol. The molecule has 0 fully saturated rings. The molecule has 0 saturated carbocycles. The molecule has 0 spiro atoms. The fraction of sp³-hybridized carbons (Fsp3) is 0.133. The van der Waals surface area contributed by atoms with Gasteiger partial charge in [-0.3, -0.25) is 9.52 Å². The molecular weight excluding hydrogens is 358 g/mol. The van der Waals surface area contributed by atoms with Crippen LogP contribution in [0, 0.1) is 0 Å². The minimum Gasteiger partial charge on any atom is -0.320 e. The number of hydrogen-bond acceptors (Lipinski definition) is 4. The van der Waals surface area contributed by atoms with Crippen LogP contribution in [0.2, 0.25) is 0 Å². The second kappa shape index (κ2) is 7.63. The highest BCUT2D eigenvalue weighted by Gasteiger charge is 2.12. The van der Waals surface area contributed by atoms with Gasteiger partial charge in [-0.15, -0.1) is 0 Å². The zero-order chi connectivity index (χ0) is 17.7. The number of carbonyl (C=O) groups is 1. The number of anilines is 2. The van der Waals surface area contributed by atoms with Gasteiger partial charge in [-0.25, -0.2) is 8.42 Å². The smallest absolute Gasteiger partial charge is 0.288 e. The number of carbonyl (C=O) groups excluding carboxylic acids is 1. The van der Waals surface area contributed by atoms with E-state index in [4.69, 9.17) is 0 Å². The van der Waals surface area contributed by atoms with Crippen molar-refractivity contribution in [3.63, 3.8) is 0 Å². The van der Waals surface area contributed by atoms with E-state index in [2.05, 4.69) is 10.0 Å². The van der Waals surface area contributed by atoms with Gasteiger partial charge in [0.25, 0.3) is 11.7 Å². The number of rotatable bonds is 6. The van der Waals surface area contributed by atoms with Crippen LogP contribution in [-0.4, -0.2) is 26.3 Å². The van der Waals surface area contributed by atoms with Crippen molar-refractivity contribution in [3.05, 3.63) is 54.1 Å². The van der Waals surface area contributed by atoms with Crippen LogP contribution in [0.3, 0.4) is 0 Å². The monoisotopic (exact) mass is 372 g/mol. The van der Waals surface area contributed by atoms with Crippen molar-refractivity contribution >= 4 is 39.1 Å². The molecule has 0 heterocycles. The summed E-state index contributed by atoms with van der Waals surface area (Å²) in [4.78, 5) is 12.6. The predicted molar refractivity (Wildman–Crippen MR) is 91.2 cm³/mol. The molecule has 0 unspecified atom stereocenters. The van der Waals surface area contributed by atoms with E-state index < -0.39 is 21.7 Å². The van der Waals surface area contributed by atoms with E-state index in [1.54, 1.807) is 18.2 Å². The number of para-hydroxylation sites is 2. The van der Waals surface area contributed by atoms with Gasteiger partial charge in [0, 0.05) is 10.5 Å². The van der Waals surface area contributed by atoms with E-state index in [9.17, 15) is 22.0 Å². The predicted octanol–water partition coefficient (Wildman–Crippen LogP) is 3.63. The van der Waals surface area contributed by atoms with Crippen LogP contribution in [0.4, 0.5) is 20.2 Å². The Morgan fingerprint density at radius 3 is 2.17 bits per heavy atom. The fourth-order valence-electron chi connectivity index (χ4n) is 1.86. The van der Waals surface area contributed by atoms with Crippen LogP contribution >= 0.6 is 11.8 Å². The Morgan fingerprint density at radius 2 is 1.62 bits per heavy atom. The summed E-state index contributed by atoms with van der Waals surface area (Å²) in [7, 11) is -3.49. The average Bonchev–Trinajstić information content (AvgIpc) is 2.48. The lowest BCUT2D eigenvalue weighted by molar-refractivity contribution is 0.102. The first-order chi connectivity index (χ1) is 11.2. The Labute approximate surface area is 142 Å². The Balaban J connectivity index is 2.15. The Bertz CT molecular complexity index is 825. The zero-order valence-electron chi connectivity index (χ0n) is 12.5. The summed E-state index contributed by atoms with van der Waals surface area (Å²) >= 11 is 0.390. The number of amides is 1. The first kappa shape index (κ1) is 18.2. The minimum absolute atomic E-state index is 0.234. The summed E-state index contributed by atoms with van der Waals surface area (Å²) in [5.41, 5.74) is 0.792. The highest BCUT2D eigenvalue weighted by atomic mass is 32.2. The molecule has 128 valence electrons. The Morgan fingerprint density at radius 1 is 1.04 bits per heavy atom. The third-order valence-electron chi connectivity index (χ3n) is 2.81. The summed E-state index contributed by atoms with van der Waals surface area (Å²) in [6, 6.07) is 12.0. The SMILES string of the molecule is CS(=O)(=O)Nc1ccccc1NC(=O)c1ccc(SC(F)F)cc1. The second-order valence-corrected chi connectivity index (χ2v) is 7.59. The van der Waals surface area contributed by atoms with Gasteiger partial charge in [-0.05, 0) is 36.4 Å². The van der Waals surface area contributed by atoms with Crippen LogP contribution in [-0.2, 0) is 10.0 Å². The molecule has 0 aliphatic heterocycles. The van der Waals surface area contributed by atoms with E-state index in [0.717, 1.165) is 6.26 Å². The second-order valence-electron chi connectivity index (χ2n) is 4.78. The van der Waals surface area contributed by atoms with Gasteiger partial charge in [0.15, 0.2) is 0 Å². The molecule has 0 saturated heterocycles. The first-order valence-electron chi connectivity index (χ1n) is 6.67. The van der Waals surface area contributed by atoms with Crippen molar-refractivity contribution in [2.75, 3.05) is 16.3 Å². The van der Waals surface area contributed by atoms with E-state index in [0.29, 0.717) is 22.3 Å². The number of thioether (sulfide) groups is 1. The third-order valence-corrected chi connectivity index (χ3v) is 4.13. The molecule has 0 radical (unpaired) electrons. The molecule has 24 heavy (non-hydrogen) atoms. The highest BCUT2D eigenvalue weighted by molar-refractivity contribution is 7.99. The van der Waals surface area contributed by atoms with Crippen molar-refractivity contribution in [2.45, 2.75) is 10.7 Å². The molecule has 5 nitrogen and oxygen atoms in total. The van der Waals surface area contributed by atoms with Gasteiger partial charge in [-0.2, -0.15) is 8.78 Å². The molecule has 2 aromatic carbocycles. The summed E-state index contributed by atoms with van der Waals surface area (Å²) in [5, 5.41) is 2.59. The van der Waals surface area contributed by atoms with Gasteiger partial charge in [0.2, 0.25) is 10.0 Å². The van der Waals surface area contributed by atoms with Gasteiger partial charge >= 0.3 is 0 Å². The number of hydrogen-bond donors (Lipinski definition) is 2. The summed E-state index contributed by atoms with van der Waals surface area (Å²) < 4.78 is 49.6. The quantitative estimate of drug-likeness (QED) is 0.760. The van der Waals surface area contributed by atoms with Gasteiger partial charge < -0.3 is 5.32 Å². The molecule has 9 heteroatoms. The molecule has 0 bridgehead atoms. The van der Waals surface area contributed by atoms with Crippen LogP contribution in [0.5, 0.6) is 0 Å². The van der Waals surface area contributed by atoms with Crippen LogP contribution in [0.1, 0.15) is 10.4 Å². The van der Waals surface area contributed by atoms with Crippen LogP contribution in [0.25, 0.3) is 0 Å². The Hall–Kier alpha value is -2.13. The van der Waals surface area contributed by atoms with Gasteiger partial charge in [0.05, 0.1) is 17.6 Å². The maximum Gasteiger partial charge on any atom is 0.288 e. The molecule has 2 N–H and O–H groups in total. The van der Waals surface area contributed by atoms with Crippen LogP contribution in [0.15, 0.2) is 53.4 Å². The maximum absolute atomic E-state index is 12.3. The summed E-state index contributed by atoms with van der Waals surface area (Å²) in [6.07, 6.45) is 1.00. The number of sulfonamides is 1. The zero-order valence-corrected chi connectivity index (χ0v) is 14.1. The van der Waals surface area contributed by atoms with Crippen molar-refractivity contribution in [1.82, 2.24) is 0 Å². The number of benzene rings is 2. The summed E-state index contributed by atoms with van der Waals surface area (Å²) in [6.45, 7) is 0. The maximum atomic E-state index is 12.3. The van der Waals surface area contributed by atoms with E-state index in [-0.39, 0.29) is 11.3 Å². The van der Waals surface area contributed by atoms with Crippen molar-refractivity contribution in [3.8, 4) is 0 Å². The molecule has 0 aliphatic rings. The number of nitrogens with one attached hydrogen (secondary N) is 2. The standard InChI is InChI=1S/C15H14F2N2O3S2/c1-24(21,22)19-13-5-3-2-4-12(13)18-14(20)10-6-8-11(9-7-10)23-15(16)17/h2-9,15,19H,1H3,(H,18,20). The number of alkyl halides is 2. The molecule has 0 atom stereocenters. The van der Waals surface area contributed by atoms with Gasteiger partial charge in [0.1, 0.15) is 0 Å². The fourth-order valence-corrected chi connectivity index (χ4v) is 2.94. The van der Waals surface area contributed by atoms with E-state index >= 15 is 0 Å².